The van der Waals surface area contributed by atoms with Crippen LogP contribution in [0.25, 0.3) is 110 Å². The summed E-state index contributed by atoms with van der Waals surface area (Å²) >= 11 is 0. The highest BCUT2D eigenvalue weighted by molar-refractivity contribution is 6.27. The predicted molar refractivity (Wildman–Crippen MR) is 262 cm³/mol. The number of hydrogen-bond acceptors (Lipinski definition) is 0. The molecule has 61 heavy (non-hydrogen) atoms. The van der Waals surface area contributed by atoms with E-state index in [2.05, 4.69) is 191 Å². The maximum absolute atomic E-state index is 15.4. The van der Waals surface area contributed by atoms with Crippen LogP contribution in [0.4, 0.5) is 4.39 Å². The first kappa shape index (κ1) is 37.9. The molecule has 0 atom stereocenters. The third-order valence-electron chi connectivity index (χ3n) is 12.2. The normalized spacial score (nSPS) is 11.7. The Hall–Kier alpha value is -7.29. The molecule has 1 nitrogen and oxygen atoms in total. The van der Waals surface area contributed by atoms with Gasteiger partial charge in [-0.2, -0.15) is 0 Å². The van der Waals surface area contributed by atoms with Crippen LogP contribution in [-0.4, -0.2) is 4.57 Å². The van der Waals surface area contributed by atoms with Crippen molar-refractivity contribution >= 4 is 70.8 Å². The largest absolute Gasteiger partial charge is 0.307 e. The molecule has 0 aliphatic carbocycles. The molecule has 0 saturated heterocycles. The quantitative estimate of drug-likeness (QED) is 0.121. The van der Waals surface area contributed by atoms with Crippen molar-refractivity contribution in [1.82, 2.24) is 4.57 Å². The molecule has 0 bridgehead atoms. The summed E-state index contributed by atoms with van der Waals surface area (Å²) in [5, 5.41) is 13.3. The highest BCUT2D eigenvalue weighted by Crippen LogP contribution is 2.48. The van der Waals surface area contributed by atoms with Crippen molar-refractivity contribution in [3.05, 3.63) is 205 Å². The van der Waals surface area contributed by atoms with Gasteiger partial charge in [0.05, 0.1) is 5.52 Å². The van der Waals surface area contributed by atoms with Crippen LogP contribution < -0.4 is 0 Å². The summed E-state index contributed by atoms with van der Waals surface area (Å²) < 4.78 is 17.5. The number of para-hydroxylation sites is 1. The molecule has 0 radical (unpaired) electrons. The lowest BCUT2D eigenvalue weighted by molar-refractivity contribution is 0.634. The van der Waals surface area contributed by atoms with E-state index in [-0.39, 0.29) is 5.82 Å². The number of fused-ring (bicyclic) bond motifs is 7. The van der Waals surface area contributed by atoms with Gasteiger partial charge in [0.15, 0.2) is 0 Å². The second-order valence-electron chi connectivity index (χ2n) is 16.0. The van der Waals surface area contributed by atoms with Crippen LogP contribution >= 0.6 is 0 Å². The Kier molecular flexibility index (Phi) is 9.77. The van der Waals surface area contributed by atoms with Crippen molar-refractivity contribution in [2.24, 2.45) is 0 Å². The molecule has 11 aromatic rings. The first-order chi connectivity index (χ1) is 30.0. The summed E-state index contributed by atoms with van der Waals surface area (Å²) in [6.45, 7) is 8.32. The second kappa shape index (κ2) is 15.7. The Labute approximate surface area is 356 Å². The van der Waals surface area contributed by atoms with Gasteiger partial charge < -0.3 is 4.57 Å². The maximum Gasteiger partial charge on any atom is 0.147 e. The summed E-state index contributed by atoms with van der Waals surface area (Å²) in [5.41, 5.74) is 10.8. The lowest BCUT2D eigenvalue weighted by atomic mass is 9.82. The van der Waals surface area contributed by atoms with E-state index in [0.29, 0.717) is 5.52 Å². The van der Waals surface area contributed by atoms with E-state index in [9.17, 15) is 0 Å². The fourth-order valence-electron chi connectivity index (χ4n) is 9.63. The van der Waals surface area contributed by atoms with Gasteiger partial charge in [0.2, 0.25) is 0 Å². The van der Waals surface area contributed by atoms with Gasteiger partial charge in [-0.15, -0.1) is 0 Å². The molecule has 0 spiro atoms. The molecule has 0 amide bonds. The average Bonchev–Trinajstić information content (AvgIpc) is 3.59. The number of benzene rings is 10. The Bertz CT molecular complexity index is 3440. The molecule has 0 unspecified atom stereocenters. The third kappa shape index (κ3) is 6.21. The van der Waals surface area contributed by atoms with Gasteiger partial charge in [0.1, 0.15) is 5.82 Å². The van der Waals surface area contributed by atoms with E-state index < -0.39 is 0 Å². The van der Waals surface area contributed by atoms with Gasteiger partial charge in [-0.3, -0.25) is 0 Å². The van der Waals surface area contributed by atoms with Gasteiger partial charge in [-0.05, 0) is 137 Å². The molecule has 0 N–H and O–H groups in total. The molecule has 0 fully saturated rings. The van der Waals surface area contributed by atoms with Crippen molar-refractivity contribution < 1.29 is 4.39 Å². The van der Waals surface area contributed by atoms with Crippen LogP contribution in [0.2, 0.25) is 0 Å². The van der Waals surface area contributed by atoms with E-state index in [4.69, 9.17) is 0 Å². The molecular formula is C59H46FN. The number of rotatable bonds is 5. The molecular weight excluding hydrogens is 742 g/mol. The van der Waals surface area contributed by atoms with Crippen LogP contribution in [-0.2, 0) is 0 Å². The monoisotopic (exact) mass is 787 g/mol. The van der Waals surface area contributed by atoms with Gasteiger partial charge in [-0.1, -0.05) is 184 Å². The fraction of sp³-hybridized carbons (Fsp3) is 0.0847. The van der Waals surface area contributed by atoms with E-state index in [1.807, 2.05) is 23.6 Å². The third-order valence-corrected chi connectivity index (χ3v) is 12.2. The topological polar surface area (TPSA) is 4.93 Å². The van der Waals surface area contributed by atoms with Gasteiger partial charge >= 0.3 is 0 Å². The Balaban J connectivity index is 0.00000144. The average molecular weight is 788 g/mol. The molecule has 1 heterocycles. The summed E-state index contributed by atoms with van der Waals surface area (Å²) in [6, 6.07) is 65.1. The van der Waals surface area contributed by atoms with Gasteiger partial charge in [-0.25, -0.2) is 4.39 Å². The van der Waals surface area contributed by atoms with Crippen molar-refractivity contribution in [3.63, 3.8) is 0 Å². The van der Waals surface area contributed by atoms with Crippen LogP contribution in [0.1, 0.15) is 38.4 Å². The number of nitrogens with zero attached hydrogens (tertiary/aromatic N) is 1. The lowest BCUT2D eigenvalue weighted by Crippen LogP contribution is -1.98. The molecule has 0 saturated carbocycles. The molecule has 1 aromatic heterocycles. The van der Waals surface area contributed by atoms with E-state index in [1.54, 1.807) is 12.1 Å². The highest BCUT2D eigenvalue weighted by Gasteiger charge is 2.21. The van der Waals surface area contributed by atoms with Crippen LogP contribution in [0.5, 0.6) is 0 Å². The van der Waals surface area contributed by atoms with E-state index in [0.717, 1.165) is 33.5 Å². The van der Waals surface area contributed by atoms with Crippen molar-refractivity contribution in [3.8, 4) is 39.1 Å². The zero-order valence-electron chi connectivity index (χ0n) is 35.0. The van der Waals surface area contributed by atoms with Gasteiger partial charge in [0.25, 0.3) is 0 Å². The fourth-order valence-corrected chi connectivity index (χ4v) is 9.63. The molecule has 0 aliphatic heterocycles. The number of halogens is 1. The van der Waals surface area contributed by atoms with Gasteiger partial charge in [0, 0.05) is 16.8 Å². The van der Waals surface area contributed by atoms with Crippen molar-refractivity contribution in [2.75, 3.05) is 0 Å². The van der Waals surface area contributed by atoms with Crippen LogP contribution in [0.3, 0.4) is 0 Å². The molecule has 11 rings (SSSR count). The number of aromatic nitrogens is 1. The SMILES string of the molecule is C/C=C\c1c(C)c2cccc(F)c2n1-c1ccc(-c2ccc(-c3c4ccccc4c(-c4cc5ccccc5c5ccccc45)c4ccccc34)c3ccccc23)cc1.CCC. The molecule has 10 aromatic carbocycles. The number of aryl methyl sites for hydroxylation is 1. The highest BCUT2D eigenvalue weighted by atomic mass is 19.1. The van der Waals surface area contributed by atoms with Crippen molar-refractivity contribution in [1.29, 1.82) is 0 Å². The summed E-state index contributed by atoms with van der Waals surface area (Å²) in [5.74, 6) is -0.222. The maximum atomic E-state index is 15.4. The molecule has 294 valence electrons. The smallest absolute Gasteiger partial charge is 0.147 e. The minimum Gasteiger partial charge on any atom is -0.307 e. The second-order valence-corrected chi connectivity index (χ2v) is 16.0. The Morgan fingerprint density at radius 3 is 1.51 bits per heavy atom. The van der Waals surface area contributed by atoms with Crippen LogP contribution in [0.15, 0.2) is 188 Å². The zero-order chi connectivity index (χ0) is 41.6. The summed E-state index contributed by atoms with van der Waals surface area (Å²) in [4.78, 5) is 0. The zero-order valence-corrected chi connectivity index (χ0v) is 35.0. The number of allylic oxidation sites excluding steroid dienone is 1. The first-order valence-electron chi connectivity index (χ1n) is 21.4. The predicted octanol–water partition coefficient (Wildman–Crippen LogP) is 17.3. The summed E-state index contributed by atoms with van der Waals surface area (Å²) in [7, 11) is 0. The summed E-state index contributed by atoms with van der Waals surface area (Å²) in [6.07, 6.45) is 5.34. The number of hydrogen-bond donors (Lipinski definition) is 0. The standard InChI is InChI=1S/C56H38FN.C3H8/c1-3-15-53-35(2)39-26-14-27-52(57)56(39)58(53)38-30-28-36(29-31-38)41-32-33-50(44-20-8-6-19-43(41)44)54-46-22-10-12-24-48(46)55(49-25-13-11-23-47(49)54)51-34-37-16-4-5-17-40(37)42-18-7-9-21-45(42)51;1-3-2/h3-34H,1-2H3;3H2,1-2H3/b15-3-;. The Morgan fingerprint density at radius 2 is 0.918 bits per heavy atom. The van der Waals surface area contributed by atoms with Crippen LogP contribution in [0, 0.1) is 12.7 Å². The van der Waals surface area contributed by atoms with E-state index >= 15 is 4.39 Å². The lowest BCUT2D eigenvalue weighted by Gasteiger charge is -2.21. The molecule has 0 aliphatic rings. The first-order valence-corrected chi connectivity index (χ1v) is 21.4. The minimum atomic E-state index is -0.222. The minimum absolute atomic E-state index is 0.222. The van der Waals surface area contributed by atoms with Crippen molar-refractivity contribution in [2.45, 2.75) is 34.1 Å². The Morgan fingerprint density at radius 1 is 0.459 bits per heavy atom. The van der Waals surface area contributed by atoms with E-state index in [1.165, 1.54) is 82.5 Å². The molecule has 2 heteroatoms.